The number of nitrogens with one attached hydrogen (secondary N) is 1. The summed E-state index contributed by atoms with van der Waals surface area (Å²) in [5.74, 6) is 2.48. The standard InChI is InChI=1S/C22H22N4O4/c1-5-8-26-19(17-9-14(3)29-15(17)4)12-25-11-18(24-20(25)22(26)28)21(27)23-10-16-7-6-13(2)30-16/h5-7,9,11-12H,1,8,10H2,2-4H3,(H,23,27). The second-order valence-corrected chi connectivity index (χ2v) is 7.10. The third-order valence-electron chi connectivity index (χ3n) is 4.80. The maximum absolute atomic E-state index is 13.1. The van der Waals surface area contributed by atoms with Crippen molar-refractivity contribution in [1.29, 1.82) is 0 Å². The Hall–Kier alpha value is -3.81. The fraction of sp³-hybridized carbons (Fsp3) is 0.227. The number of hydrogen-bond donors (Lipinski definition) is 1. The molecule has 0 fully saturated rings. The topological polar surface area (TPSA) is 94.7 Å². The Labute approximate surface area is 172 Å². The van der Waals surface area contributed by atoms with Gasteiger partial charge in [-0.2, -0.15) is 0 Å². The summed E-state index contributed by atoms with van der Waals surface area (Å²) in [6, 6.07) is 5.51. The number of rotatable bonds is 6. The molecule has 0 aliphatic heterocycles. The Morgan fingerprint density at radius 3 is 2.63 bits per heavy atom. The Kier molecular flexibility index (Phi) is 4.91. The number of imidazole rings is 1. The summed E-state index contributed by atoms with van der Waals surface area (Å²) >= 11 is 0. The van der Waals surface area contributed by atoms with E-state index in [4.69, 9.17) is 8.83 Å². The number of carbonyl (C=O) groups is 1. The van der Waals surface area contributed by atoms with Gasteiger partial charge in [-0.3, -0.25) is 18.6 Å². The molecule has 4 aromatic heterocycles. The van der Waals surface area contributed by atoms with Gasteiger partial charge >= 0.3 is 0 Å². The molecule has 0 saturated carbocycles. The molecule has 0 atom stereocenters. The van der Waals surface area contributed by atoms with E-state index in [0.29, 0.717) is 23.8 Å². The van der Waals surface area contributed by atoms with E-state index >= 15 is 0 Å². The van der Waals surface area contributed by atoms with Gasteiger partial charge in [0.05, 0.1) is 12.2 Å². The summed E-state index contributed by atoms with van der Waals surface area (Å²) < 4.78 is 14.2. The van der Waals surface area contributed by atoms with Gasteiger partial charge in [0, 0.05) is 24.5 Å². The number of amides is 1. The molecule has 1 N–H and O–H groups in total. The maximum Gasteiger partial charge on any atom is 0.295 e. The summed E-state index contributed by atoms with van der Waals surface area (Å²) in [6.07, 6.45) is 4.96. The number of fused-ring (bicyclic) bond motifs is 1. The van der Waals surface area contributed by atoms with Crippen molar-refractivity contribution in [3.63, 3.8) is 0 Å². The Morgan fingerprint density at radius 1 is 1.20 bits per heavy atom. The van der Waals surface area contributed by atoms with Gasteiger partial charge in [0.15, 0.2) is 0 Å². The lowest BCUT2D eigenvalue weighted by molar-refractivity contribution is 0.0943. The first-order valence-electron chi connectivity index (χ1n) is 9.51. The molecule has 8 heteroatoms. The predicted molar refractivity (Wildman–Crippen MR) is 111 cm³/mol. The lowest BCUT2D eigenvalue weighted by Gasteiger charge is -2.11. The van der Waals surface area contributed by atoms with Crippen molar-refractivity contribution < 1.29 is 13.6 Å². The zero-order chi connectivity index (χ0) is 21.4. The van der Waals surface area contributed by atoms with E-state index < -0.39 is 0 Å². The smallest absolute Gasteiger partial charge is 0.295 e. The molecule has 0 aliphatic carbocycles. The molecule has 0 aliphatic rings. The quantitative estimate of drug-likeness (QED) is 0.495. The number of aryl methyl sites for hydroxylation is 3. The van der Waals surface area contributed by atoms with Crippen LogP contribution in [0, 0.1) is 20.8 Å². The molecule has 0 bridgehead atoms. The normalized spacial score (nSPS) is 11.2. The van der Waals surface area contributed by atoms with Crippen LogP contribution in [0.15, 0.2) is 56.9 Å². The van der Waals surface area contributed by atoms with Crippen molar-refractivity contribution in [2.75, 3.05) is 0 Å². The van der Waals surface area contributed by atoms with E-state index in [1.54, 1.807) is 33.5 Å². The zero-order valence-corrected chi connectivity index (χ0v) is 17.1. The number of nitrogens with zero attached hydrogens (tertiary/aromatic N) is 3. The SMILES string of the molecule is C=CCn1c(-c2cc(C)oc2C)cn2cc(C(=O)NCc3ccc(C)o3)nc2c1=O. The van der Waals surface area contributed by atoms with E-state index in [-0.39, 0.29) is 29.4 Å². The third-order valence-corrected chi connectivity index (χ3v) is 4.80. The number of carbonyl (C=O) groups excluding carboxylic acids is 1. The van der Waals surface area contributed by atoms with Gasteiger partial charge in [0.25, 0.3) is 11.5 Å². The highest BCUT2D eigenvalue weighted by atomic mass is 16.3. The molecule has 0 unspecified atom stereocenters. The Morgan fingerprint density at radius 2 is 2.00 bits per heavy atom. The fourth-order valence-corrected chi connectivity index (χ4v) is 3.44. The average Bonchev–Trinajstić information content (AvgIpc) is 3.40. The summed E-state index contributed by atoms with van der Waals surface area (Å²) in [5, 5.41) is 2.76. The second kappa shape index (κ2) is 7.55. The van der Waals surface area contributed by atoms with Crippen LogP contribution in [-0.4, -0.2) is 19.9 Å². The van der Waals surface area contributed by atoms with Crippen LogP contribution in [0.4, 0.5) is 0 Å². The molecule has 30 heavy (non-hydrogen) atoms. The first kappa shape index (κ1) is 19.5. The first-order valence-corrected chi connectivity index (χ1v) is 9.51. The largest absolute Gasteiger partial charge is 0.466 e. The molecular weight excluding hydrogens is 384 g/mol. The Bertz CT molecular complexity index is 1320. The second-order valence-electron chi connectivity index (χ2n) is 7.10. The minimum Gasteiger partial charge on any atom is -0.466 e. The van der Waals surface area contributed by atoms with Crippen LogP contribution in [0.2, 0.25) is 0 Å². The third kappa shape index (κ3) is 3.47. The molecule has 0 spiro atoms. The predicted octanol–water partition coefficient (Wildman–Crippen LogP) is 3.39. The zero-order valence-electron chi connectivity index (χ0n) is 17.1. The van der Waals surface area contributed by atoms with Gasteiger partial charge in [-0.25, -0.2) is 4.98 Å². The monoisotopic (exact) mass is 406 g/mol. The minimum absolute atomic E-state index is 0.151. The molecule has 4 heterocycles. The van der Waals surface area contributed by atoms with Crippen LogP contribution in [0.3, 0.4) is 0 Å². The molecule has 0 saturated heterocycles. The van der Waals surface area contributed by atoms with Crippen LogP contribution >= 0.6 is 0 Å². The van der Waals surface area contributed by atoms with Gasteiger partial charge in [-0.1, -0.05) is 6.08 Å². The van der Waals surface area contributed by atoms with Gasteiger partial charge < -0.3 is 14.2 Å². The molecule has 1 amide bonds. The van der Waals surface area contributed by atoms with E-state index in [0.717, 1.165) is 17.1 Å². The highest BCUT2D eigenvalue weighted by Crippen LogP contribution is 2.26. The van der Waals surface area contributed by atoms with E-state index in [1.165, 1.54) is 0 Å². The number of furan rings is 2. The molecule has 0 radical (unpaired) electrons. The van der Waals surface area contributed by atoms with Crippen molar-refractivity contribution in [1.82, 2.24) is 19.3 Å². The minimum atomic E-state index is -0.390. The van der Waals surface area contributed by atoms with Gasteiger partial charge in [-0.05, 0) is 39.0 Å². The van der Waals surface area contributed by atoms with E-state index in [9.17, 15) is 9.59 Å². The lowest BCUT2D eigenvalue weighted by Crippen LogP contribution is -2.24. The number of aromatic nitrogens is 3. The van der Waals surface area contributed by atoms with Crippen LogP contribution in [0.25, 0.3) is 16.9 Å². The van der Waals surface area contributed by atoms with E-state index in [1.807, 2.05) is 32.9 Å². The number of allylic oxidation sites excluding steroid dienone is 1. The van der Waals surface area contributed by atoms with Crippen molar-refractivity contribution in [2.45, 2.75) is 33.9 Å². The van der Waals surface area contributed by atoms with Crippen LogP contribution in [0.5, 0.6) is 0 Å². The van der Waals surface area contributed by atoms with Crippen LogP contribution < -0.4 is 10.9 Å². The van der Waals surface area contributed by atoms with Gasteiger partial charge in [0.1, 0.15) is 28.7 Å². The molecule has 4 rings (SSSR count). The molecule has 154 valence electrons. The van der Waals surface area contributed by atoms with Gasteiger partial charge in [-0.15, -0.1) is 6.58 Å². The average molecular weight is 406 g/mol. The Balaban J connectivity index is 1.74. The van der Waals surface area contributed by atoms with Crippen molar-refractivity contribution in [2.24, 2.45) is 0 Å². The fourth-order valence-electron chi connectivity index (χ4n) is 3.44. The van der Waals surface area contributed by atoms with Crippen molar-refractivity contribution in [3.05, 3.63) is 82.3 Å². The molecule has 4 aromatic rings. The summed E-state index contributed by atoms with van der Waals surface area (Å²) in [4.78, 5) is 29.9. The first-order chi connectivity index (χ1) is 14.4. The summed E-state index contributed by atoms with van der Waals surface area (Å²) in [5.41, 5.74) is 1.47. The highest BCUT2D eigenvalue weighted by molar-refractivity contribution is 5.92. The molecule has 0 aromatic carbocycles. The summed E-state index contributed by atoms with van der Waals surface area (Å²) in [6.45, 7) is 9.82. The van der Waals surface area contributed by atoms with Crippen LogP contribution in [-0.2, 0) is 13.1 Å². The van der Waals surface area contributed by atoms with Crippen molar-refractivity contribution >= 4 is 11.6 Å². The van der Waals surface area contributed by atoms with Crippen LogP contribution in [0.1, 0.15) is 33.5 Å². The molecular formula is C22H22N4O4. The maximum atomic E-state index is 13.1. The van der Waals surface area contributed by atoms with Crippen molar-refractivity contribution in [3.8, 4) is 11.3 Å². The lowest BCUT2D eigenvalue weighted by atomic mass is 10.2. The highest BCUT2D eigenvalue weighted by Gasteiger charge is 2.19. The van der Waals surface area contributed by atoms with E-state index in [2.05, 4.69) is 16.9 Å². The summed E-state index contributed by atoms with van der Waals surface area (Å²) in [7, 11) is 0. The molecule has 8 nitrogen and oxygen atoms in total. The number of hydrogen-bond acceptors (Lipinski definition) is 5. The van der Waals surface area contributed by atoms with Gasteiger partial charge in [0.2, 0.25) is 5.65 Å².